The largest absolute Gasteiger partial charge is 0.358 e. The predicted octanol–water partition coefficient (Wildman–Crippen LogP) is 8.12. The van der Waals surface area contributed by atoms with Crippen LogP contribution in [0.5, 0.6) is 0 Å². The Morgan fingerprint density at radius 2 is 1.59 bits per heavy atom. The Hall–Kier alpha value is -2.80. The van der Waals surface area contributed by atoms with Crippen LogP contribution < -0.4 is 5.32 Å². The lowest BCUT2D eigenvalue weighted by atomic mass is 9.53. The minimum atomic E-state index is -0.973. The van der Waals surface area contributed by atoms with Gasteiger partial charge in [0.15, 0.2) is 0 Å². The molecular weight excluding hydrogens is 594 g/mol. The van der Waals surface area contributed by atoms with Crippen LogP contribution in [-0.2, 0) is 16.1 Å². The first-order chi connectivity index (χ1) is 22.1. The molecule has 9 rings (SSSR count). The lowest BCUT2D eigenvalue weighted by Gasteiger charge is -2.58. The van der Waals surface area contributed by atoms with E-state index in [2.05, 4.69) is 55.3 Å². The van der Waals surface area contributed by atoms with Crippen LogP contribution in [0.1, 0.15) is 94.4 Å². The van der Waals surface area contributed by atoms with Gasteiger partial charge in [-0.05, 0) is 122 Å². The quantitative estimate of drug-likeness (QED) is 0.261. The molecule has 2 aromatic carbocycles. The zero-order chi connectivity index (χ0) is 31.8. The fourth-order valence-corrected chi connectivity index (χ4v) is 12.1. The number of carbonyl (C=O) groups excluding carboxylic acids is 2. The van der Waals surface area contributed by atoms with Gasteiger partial charge < -0.3 is 15.2 Å². The van der Waals surface area contributed by atoms with E-state index in [9.17, 15) is 9.59 Å². The van der Waals surface area contributed by atoms with Gasteiger partial charge in [-0.1, -0.05) is 50.2 Å². The molecule has 1 aliphatic heterocycles. The number of aryl methyl sites for hydroxylation is 1. The summed E-state index contributed by atoms with van der Waals surface area (Å²) in [4.78, 5) is 35.1. The van der Waals surface area contributed by atoms with E-state index >= 15 is 4.39 Å². The van der Waals surface area contributed by atoms with Crippen molar-refractivity contribution in [3.63, 3.8) is 0 Å². The van der Waals surface area contributed by atoms with Gasteiger partial charge in [0.2, 0.25) is 11.8 Å². The number of H-pyrrole nitrogens is 1. The fraction of sp³-hybridized carbons (Fsp3) is 0.590. The van der Waals surface area contributed by atoms with Crippen molar-refractivity contribution in [1.29, 1.82) is 0 Å². The number of halogens is 1. The van der Waals surface area contributed by atoms with E-state index in [1.807, 2.05) is 22.7 Å². The zero-order valence-corrected chi connectivity index (χ0v) is 28.4. The van der Waals surface area contributed by atoms with Gasteiger partial charge in [0.25, 0.3) is 0 Å². The molecule has 6 aliphatic rings. The minimum Gasteiger partial charge on any atom is -0.358 e. The van der Waals surface area contributed by atoms with Gasteiger partial charge >= 0.3 is 0 Å². The lowest BCUT2D eigenvalue weighted by molar-refractivity contribution is -0.153. The maximum atomic E-state index is 15.3. The van der Waals surface area contributed by atoms with E-state index in [1.54, 1.807) is 12.1 Å². The first-order valence-corrected chi connectivity index (χ1v) is 18.8. The van der Waals surface area contributed by atoms with Crippen LogP contribution in [-0.4, -0.2) is 44.3 Å². The molecule has 244 valence electrons. The molecule has 2 N–H and O–H groups in total. The summed E-state index contributed by atoms with van der Waals surface area (Å²) in [5, 5.41) is 4.90. The van der Waals surface area contributed by atoms with E-state index < -0.39 is 5.54 Å². The Morgan fingerprint density at radius 3 is 2.26 bits per heavy atom. The number of amides is 2. The topological polar surface area (TPSA) is 65.2 Å². The number of fused-ring (bicyclic) bond motifs is 1. The molecule has 1 saturated heterocycles. The number of hydrogen-bond donors (Lipinski definition) is 2. The highest BCUT2D eigenvalue weighted by molar-refractivity contribution is 7.99. The first kappa shape index (κ1) is 30.5. The highest BCUT2D eigenvalue weighted by atomic mass is 32.2. The number of aromatic nitrogens is 1. The summed E-state index contributed by atoms with van der Waals surface area (Å²) in [7, 11) is 0. The third-order valence-electron chi connectivity index (χ3n) is 13.0. The van der Waals surface area contributed by atoms with E-state index in [4.69, 9.17) is 0 Å². The van der Waals surface area contributed by atoms with Crippen molar-refractivity contribution in [2.24, 2.45) is 29.1 Å². The summed E-state index contributed by atoms with van der Waals surface area (Å²) in [5.74, 6) is 3.83. The predicted molar refractivity (Wildman–Crippen MR) is 183 cm³/mol. The van der Waals surface area contributed by atoms with Gasteiger partial charge in [-0.2, -0.15) is 11.8 Å². The molecule has 2 atom stereocenters. The first-order valence-electron chi connectivity index (χ1n) is 17.6. The minimum absolute atomic E-state index is 0.0125. The molecule has 5 nitrogen and oxygen atoms in total. The molecule has 5 aliphatic carbocycles. The summed E-state index contributed by atoms with van der Waals surface area (Å²) in [6, 6.07) is 15.2. The molecule has 0 unspecified atom stereocenters. The van der Waals surface area contributed by atoms with Crippen molar-refractivity contribution in [2.75, 3.05) is 11.5 Å². The van der Waals surface area contributed by atoms with Gasteiger partial charge in [-0.3, -0.25) is 9.59 Å². The summed E-state index contributed by atoms with van der Waals surface area (Å²) in [6.45, 7) is 6.79. The maximum absolute atomic E-state index is 15.3. The average Bonchev–Trinajstić information content (AvgIpc) is 3.36. The average molecular weight is 642 g/mol. The SMILES string of the molecule is Cc1[nH]c2ccccc2c1[C@@H]1[C@@H](CC(=O)N(Cc2ccccc2F)C2(C(=O)NC34CC5CC(CC(C5)C3)C4)CCSCC2)C1(C)C. The Balaban J connectivity index is 1.12. The maximum Gasteiger partial charge on any atom is 0.246 e. The van der Waals surface area contributed by atoms with Gasteiger partial charge in [0.05, 0.1) is 0 Å². The number of nitrogens with zero attached hydrogens (tertiary/aromatic N) is 1. The molecule has 7 heteroatoms. The Kier molecular flexibility index (Phi) is 7.39. The fourth-order valence-electron chi connectivity index (χ4n) is 10.9. The smallest absolute Gasteiger partial charge is 0.246 e. The normalized spacial score (nSPS) is 32.0. The number of rotatable bonds is 8. The monoisotopic (exact) mass is 641 g/mol. The molecule has 0 spiro atoms. The van der Waals surface area contributed by atoms with Crippen molar-refractivity contribution < 1.29 is 14.0 Å². The van der Waals surface area contributed by atoms with Crippen LogP contribution in [0.15, 0.2) is 48.5 Å². The highest BCUT2D eigenvalue weighted by Gasteiger charge is 2.61. The van der Waals surface area contributed by atoms with E-state index in [1.165, 1.54) is 36.3 Å². The lowest BCUT2D eigenvalue weighted by Crippen LogP contribution is -2.68. The third kappa shape index (κ3) is 5.02. The van der Waals surface area contributed by atoms with E-state index in [0.717, 1.165) is 42.0 Å². The summed E-state index contributed by atoms with van der Waals surface area (Å²) in [5.41, 5.74) is 2.90. The van der Waals surface area contributed by atoms with Crippen molar-refractivity contribution in [2.45, 2.75) is 102 Å². The van der Waals surface area contributed by atoms with Gasteiger partial charge in [0, 0.05) is 40.7 Å². The molecule has 5 saturated carbocycles. The molecule has 2 heterocycles. The van der Waals surface area contributed by atoms with Crippen molar-refractivity contribution >= 4 is 34.5 Å². The summed E-state index contributed by atoms with van der Waals surface area (Å²) in [6.07, 6.45) is 8.69. The molecular formula is C39H48FN3O2S. The van der Waals surface area contributed by atoms with Crippen LogP contribution in [0.4, 0.5) is 4.39 Å². The van der Waals surface area contributed by atoms with Crippen molar-refractivity contribution in [3.05, 3.63) is 71.2 Å². The molecule has 2 amide bonds. The number of para-hydroxylation sites is 1. The molecule has 3 aromatic rings. The Morgan fingerprint density at radius 1 is 0.957 bits per heavy atom. The molecule has 0 radical (unpaired) electrons. The van der Waals surface area contributed by atoms with E-state index in [-0.39, 0.29) is 47.0 Å². The van der Waals surface area contributed by atoms with Crippen LogP contribution in [0, 0.1) is 41.8 Å². The van der Waals surface area contributed by atoms with Crippen LogP contribution >= 0.6 is 11.8 Å². The van der Waals surface area contributed by atoms with Crippen LogP contribution in [0.3, 0.4) is 0 Å². The number of benzene rings is 2. The van der Waals surface area contributed by atoms with Crippen molar-refractivity contribution in [3.8, 4) is 0 Å². The highest BCUT2D eigenvalue weighted by Crippen LogP contribution is 2.67. The summed E-state index contributed by atoms with van der Waals surface area (Å²) >= 11 is 1.85. The zero-order valence-electron chi connectivity index (χ0n) is 27.5. The second kappa shape index (κ2) is 11.1. The summed E-state index contributed by atoms with van der Waals surface area (Å²) < 4.78 is 15.3. The number of nitrogens with one attached hydrogen (secondary N) is 2. The third-order valence-corrected chi connectivity index (χ3v) is 13.9. The molecule has 4 bridgehead atoms. The molecule has 6 fully saturated rings. The number of thioether (sulfide) groups is 1. The standard InChI is InChI=1S/C39H48FN3O2S/c1-24-34(29-9-5-7-11-32(29)41-24)35-30(37(35,2)3)19-33(44)43(23-28-8-4-6-10-31(28)40)39(12-14-46-15-13-39)36(45)42-38-20-25-16-26(21-38)18-27(17-25)22-38/h4-11,25-27,30,35,41H,12-23H2,1-3H3,(H,42,45)/t25?,26?,27?,30-,35+,38?/m1/s1. The number of aromatic amines is 1. The van der Waals surface area contributed by atoms with Crippen LogP contribution in [0.2, 0.25) is 0 Å². The second-order valence-electron chi connectivity index (χ2n) is 16.2. The van der Waals surface area contributed by atoms with Gasteiger partial charge in [-0.15, -0.1) is 0 Å². The Bertz CT molecular complexity index is 1640. The second-order valence-corrected chi connectivity index (χ2v) is 17.4. The number of carbonyl (C=O) groups is 2. The molecule has 46 heavy (non-hydrogen) atoms. The molecule has 1 aromatic heterocycles. The van der Waals surface area contributed by atoms with Crippen molar-refractivity contribution in [1.82, 2.24) is 15.2 Å². The van der Waals surface area contributed by atoms with Crippen LogP contribution in [0.25, 0.3) is 10.9 Å². The van der Waals surface area contributed by atoms with E-state index in [0.29, 0.717) is 42.6 Å². The van der Waals surface area contributed by atoms with Gasteiger partial charge in [0.1, 0.15) is 11.4 Å². The Labute approximate surface area is 276 Å². The van der Waals surface area contributed by atoms with Gasteiger partial charge in [-0.25, -0.2) is 4.39 Å². The number of hydrogen-bond acceptors (Lipinski definition) is 3.